The van der Waals surface area contributed by atoms with E-state index in [0.717, 1.165) is 18.4 Å². The van der Waals surface area contributed by atoms with Crippen LogP contribution in [-0.2, 0) is 11.2 Å². The molecular weight excluding hydrogens is 385 g/mol. The summed E-state index contributed by atoms with van der Waals surface area (Å²) in [4.78, 5) is 21.9. The molecule has 30 heavy (non-hydrogen) atoms. The summed E-state index contributed by atoms with van der Waals surface area (Å²) in [7, 11) is 0. The number of carbonyl (C=O) groups is 1. The van der Waals surface area contributed by atoms with Crippen LogP contribution in [0.1, 0.15) is 45.6 Å². The van der Waals surface area contributed by atoms with Crippen molar-refractivity contribution in [2.45, 2.75) is 52.5 Å². The van der Waals surface area contributed by atoms with Gasteiger partial charge in [0.25, 0.3) is 0 Å². The van der Waals surface area contributed by atoms with E-state index in [2.05, 4.69) is 28.4 Å². The number of nitrogen functional groups attached to an aromatic ring is 1. The number of rotatable bonds is 7. The minimum Gasteiger partial charge on any atom is -0.450 e. The second kappa shape index (κ2) is 17.0. The van der Waals surface area contributed by atoms with E-state index in [4.69, 9.17) is 10.5 Å². The van der Waals surface area contributed by atoms with Crippen LogP contribution in [0.3, 0.4) is 0 Å². The average molecular weight is 422 g/mol. The lowest BCUT2D eigenvalue weighted by molar-refractivity contribution is 0.0983. The van der Waals surface area contributed by atoms with E-state index in [9.17, 15) is 9.18 Å². The average Bonchev–Trinajstić information content (AvgIpc) is 2.77. The van der Waals surface area contributed by atoms with Gasteiger partial charge >= 0.3 is 6.09 Å². The molecule has 0 atom stereocenters. The van der Waals surface area contributed by atoms with Crippen LogP contribution in [0.5, 0.6) is 0 Å². The molecule has 0 radical (unpaired) electrons. The molecule has 1 fully saturated rings. The molecule has 1 aromatic rings. The van der Waals surface area contributed by atoms with Crippen molar-refractivity contribution in [3.8, 4) is 0 Å². The predicted octanol–water partition coefficient (Wildman–Crippen LogP) is 4.89. The van der Waals surface area contributed by atoms with E-state index in [-0.39, 0.29) is 12.1 Å². The zero-order valence-corrected chi connectivity index (χ0v) is 18.4. The van der Waals surface area contributed by atoms with E-state index in [1.165, 1.54) is 6.08 Å². The molecule has 3 N–H and O–H groups in total. The lowest BCUT2D eigenvalue weighted by Crippen LogP contribution is -2.42. The zero-order chi connectivity index (χ0) is 22.8. The topological polar surface area (TPSA) is 93.4 Å². The number of likely N-dealkylation sites (tertiary alicyclic amines) is 1. The number of piperidine rings is 1. The summed E-state index contributed by atoms with van der Waals surface area (Å²) in [5.74, 6) is 0.885. The van der Waals surface area contributed by atoms with Crippen molar-refractivity contribution >= 4 is 17.9 Å². The van der Waals surface area contributed by atoms with Gasteiger partial charge in [-0.15, -0.1) is 0 Å². The summed E-state index contributed by atoms with van der Waals surface area (Å²) in [6.07, 6.45) is 9.40. The molecule has 1 amide bonds. The molecule has 1 aliphatic rings. The van der Waals surface area contributed by atoms with Gasteiger partial charge in [0.1, 0.15) is 5.82 Å². The van der Waals surface area contributed by atoms with Gasteiger partial charge in [0.05, 0.1) is 12.9 Å². The molecule has 168 valence electrons. The van der Waals surface area contributed by atoms with E-state index in [0.29, 0.717) is 50.6 Å². The number of hydrogen-bond donors (Lipinski definition) is 2. The fraction of sp³-hybridized carbons (Fsp3) is 0.500. The molecule has 0 aliphatic carbocycles. The monoisotopic (exact) mass is 421 g/mol. The summed E-state index contributed by atoms with van der Waals surface area (Å²) >= 11 is 0. The van der Waals surface area contributed by atoms with Crippen LogP contribution in [-0.4, -0.2) is 46.7 Å². The van der Waals surface area contributed by atoms with Gasteiger partial charge < -0.3 is 20.7 Å². The molecule has 2 heterocycles. The molecule has 1 aliphatic heterocycles. The first kappa shape index (κ1) is 27.1. The van der Waals surface area contributed by atoms with Crippen molar-refractivity contribution in [1.82, 2.24) is 14.9 Å². The molecule has 1 saturated heterocycles. The van der Waals surface area contributed by atoms with Crippen LogP contribution in [0, 0.1) is 0 Å². The predicted molar refractivity (Wildman–Crippen MR) is 122 cm³/mol. The molecule has 0 unspecified atom stereocenters. The maximum Gasteiger partial charge on any atom is 0.409 e. The van der Waals surface area contributed by atoms with Crippen LogP contribution in [0.4, 0.5) is 21.0 Å². The molecule has 8 heteroatoms. The normalized spacial score (nSPS) is 13.4. The van der Waals surface area contributed by atoms with Gasteiger partial charge in [0.2, 0.25) is 5.95 Å². The number of halogens is 1. The van der Waals surface area contributed by atoms with Crippen molar-refractivity contribution in [3.63, 3.8) is 0 Å². The van der Waals surface area contributed by atoms with Crippen molar-refractivity contribution in [2.24, 2.45) is 0 Å². The highest BCUT2D eigenvalue weighted by Gasteiger charge is 2.24. The molecule has 7 nitrogen and oxygen atoms in total. The Hall–Kier alpha value is -2.90. The van der Waals surface area contributed by atoms with Crippen LogP contribution >= 0.6 is 0 Å². The highest BCUT2D eigenvalue weighted by atomic mass is 19.1. The van der Waals surface area contributed by atoms with E-state index < -0.39 is 0 Å². The SMILES string of the molecule is C=CC=C.CC.CCOC(=O)N1CCC(Nc2ncc(CC/C=C/F)c(N)n2)CC1. The fourth-order valence-electron chi connectivity index (χ4n) is 2.59. The molecule has 0 spiro atoms. The summed E-state index contributed by atoms with van der Waals surface area (Å²) < 4.78 is 17.0. The maximum absolute atomic E-state index is 12.0. The number of aromatic nitrogens is 2. The Morgan fingerprint density at radius 2 is 2.00 bits per heavy atom. The third-order valence-corrected chi connectivity index (χ3v) is 4.09. The summed E-state index contributed by atoms with van der Waals surface area (Å²) in [5, 5.41) is 3.25. The number of amides is 1. The number of allylic oxidation sites excluding steroid dienone is 3. The smallest absolute Gasteiger partial charge is 0.409 e. The lowest BCUT2D eigenvalue weighted by Gasteiger charge is -2.31. The Labute approximate surface area is 179 Å². The van der Waals surface area contributed by atoms with Gasteiger partial charge in [-0.05, 0) is 32.6 Å². The second-order valence-corrected chi connectivity index (χ2v) is 6.08. The standard InChI is InChI=1S/C16H24FN5O2.C4H6.C2H6/c1-2-24-16(23)22-9-6-13(7-10-22)20-15-19-11-12(14(18)21-15)5-3-4-8-17;1-3-4-2;1-2/h4,8,11,13H,2-3,5-7,9-10H2,1H3,(H3,18,19,20,21);3-4H,1-2H2;1-2H3/b8-4+;;. The Morgan fingerprint density at radius 3 is 2.50 bits per heavy atom. The van der Waals surface area contributed by atoms with Crippen molar-refractivity contribution in [3.05, 3.63) is 49.5 Å². The highest BCUT2D eigenvalue weighted by molar-refractivity contribution is 5.67. The number of carbonyl (C=O) groups excluding carboxylic acids is 1. The molecular formula is C22H36FN5O2. The van der Waals surface area contributed by atoms with Gasteiger partial charge in [-0.25, -0.2) is 14.2 Å². The van der Waals surface area contributed by atoms with Crippen molar-refractivity contribution in [1.29, 1.82) is 0 Å². The van der Waals surface area contributed by atoms with Crippen molar-refractivity contribution < 1.29 is 13.9 Å². The first-order valence-corrected chi connectivity index (χ1v) is 10.3. The van der Waals surface area contributed by atoms with Gasteiger partial charge in [-0.1, -0.05) is 45.2 Å². The minimum atomic E-state index is -0.261. The molecule has 1 aromatic heterocycles. The number of anilines is 2. The molecule has 0 bridgehead atoms. The van der Waals surface area contributed by atoms with Crippen molar-refractivity contribution in [2.75, 3.05) is 30.7 Å². The molecule has 2 rings (SSSR count). The van der Waals surface area contributed by atoms with Crippen LogP contribution in [0.2, 0.25) is 0 Å². The van der Waals surface area contributed by atoms with Gasteiger partial charge in [-0.2, -0.15) is 4.98 Å². The third kappa shape index (κ3) is 10.6. The Morgan fingerprint density at radius 1 is 1.37 bits per heavy atom. The number of hydrogen-bond acceptors (Lipinski definition) is 6. The van der Waals surface area contributed by atoms with Crippen LogP contribution in [0.25, 0.3) is 0 Å². The maximum atomic E-state index is 12.0. The first-order chi connectivity index (χ1) is 14.5. The fourth-order valence-corrected chi connectivity index (χ4v) is 2.59. The number of ether oxygens (including phenoxy) is 1. The number of nitrogens with one attached hydrogen (secondary N) is 1. The quantitative estimate of drug-likeness (QED) is 0.609. The van der Waals surface area contributed by atoms with Gasteiger partial charge in [0, 0.05) is 30.9 Å². The Kier molecular flexibility index (Phi) is 15.4. The first-order valence-electron chi connectivity index (χ1n) is 10.3. The van der Waals surface area contributed by atoms with E-state index in [1.54, 1.807) is 30.2 Å². The summed E-state index contributed by atoms with van der Waals surface area (Å²) in [6, 6.07) is 0.190. The number of aryl methyl sites for hydroxylation is 1. The second-order valence-electron chi connectivity index (χ2n) is 6.08. The Balaban J connectivity index is 0.00000125. The van der Waals surface area contributed by atoms with Crippen LogP contribution in [0.15, 0.2) is 43.9 Å². The summed E-state index contributed by atoms with van der Waals surface area (Å²) in [5.41, 5.74) is 6.73. The zero-order valence-electron chi connectivity index (χ0n) is 18.4. The van der Waals surface area contributed by atoms with Gasteiger partial charge in [0.15, 0.2) is 0 Å². The van der Waals surface area contributed by atoms with E-state index in [1.807, 2.05) is 13.8 Å². The largest absolute Gasteiger partial charge is 0.450 e. The molecule has 0 saturated carbocycles. The summed E-state index contributed by atoms with van der Waals surface area (Å²) in [6.45, 7) is 14.2. The minimum absolute atomic E-state index is 0.190. The number of nitrogens with zero attached hydrogens (tertiary/aromatic N) is 3. The van der Waals surface area contributed by atoms with Gasteiger partial charge in [-0.3, -0.25) is 0 Å². The highest BCUT2D eigenvalue weighted by Crippen LogP contribution is 2.17. The third-order valence-electron chi connectivity index (χ3n) is 4.09. The van der Waals surface area contributed by atoms with E-state index >= 15 is 0 Å². The Bertz CT molecular complexity index is 653. The lowest BCUT2D eigenvalue weighted by atomic mass is 10.1. The molecule has 0 aromatic carbocycles. The van der Waals surface area contributed by atoms with Crippen LogP contribution < -0.4 is 11.1 Å². The number of nitrogens with two attached hydrogens (primary N) is 1.